The van der Waals surface area contributed by atoms with Crippen LogP contribution in [0.4, 0.5) is 0 Å². The zero-order valence-electron chi connectivity index (χ0n) is 14.4. The zero-order chi connectivity index (χ0) is 21.8. The van der Waals surface area contributed by atoms with Gasteiger partial charge < -0.3 is 33.9 Å². The van der Waals surface area contributed by atoms with E-state index < -0.39 is 50.1 Å². The molecule has 20 heteroatoms. The summed E-state index contributed by atoms with van der Waals surface area (Å²) < 4.78 is 71.1. The first kappa shape index (κ1) is 26.9. The van der Waals surface area contributed by atoms with Crippen molar-refractivity contribution in [1.29, 1.82) is 0 Å². The van der Waals surface area contributed by atoms with Crippen molar-refractivity contribution in [3.05, 3.63) is 0 Å². The van der Waals surface area contributed by atoms with Gasteiger partial charge in [-0.3, -0.25) is 4.52 Å². The van der Waals surface area contributed by atoms with Crippen molar-refractivity contribution in [2.45, 2.75) is 31.7 Å². The van der Waals surface area contributed by atoms with Gasteiger partial charge in [0.25, 0.3) is 0 Å². The molecule has 0 aromatic heterocycles. The number of phosphoric ester groups is 1. The Morgan fingerprint density at radius 2 is 1.50 bits per heavy atom. The Bertz CT molecular complexity index is 708. The molecule has 15 nitrogen and oxygen atoms in total. The first-order valence-electron chi connectivity index (χ1n) is 7.13. The number of rotatable bonds is 12. The molecule has 0 aromatic rings. The van der Waals surface area contributed by atoms with E-state index in [4.69, 9.17) is 24.2 Å². The number of ether oxygens (including phenoxy) is 2. The second kappa shape index (κ2) is 10.4. The Balaban J connectivity index is 2.66. The lowest BCUT2D eigenvalue weighted by atomic mass is 10.1. The van der Waals surface area contributed by atoms with Crippen LogP contribution in [0.3, 0.4) is 0 Å². The highest BCUT2D eigenvalue weighted by Gasteiger charge is 2.45. The summed E-state index contributed by atoms with van der Waals surface area (Å²) in [4.78, 5) is 44.6. The van der Waals surface area contributed by atoms with Crippen LogP contribution in [-0.4, -0.2) is 61.6 Å². The normalized spacial score (nSPS) is 29.8. The fraction of sp³-hybridized carbons (Fsp3) is 1.00. The SMILES string of the molecule is CSCOC1C[C@H](C)O[C@@H]1COP(=O)(O)OP(=O)(O)OP(=O)(O)OP(=O)(O)O. The van der Waals surface area contributed by atoms with E-state index in [1.807, 2.05) is 0 Å². The summed E-state index contributed by atoms with van der Waals surface area (Å²) in [6.45, 7) is 1.12. The molecule has 1 heterocycles. The molecule has 4 unspecified atom stereocenters. The van der Waals surface area contributed by atoms with Gasteiger partial charge in [0.05, 0.1) is 24.8 Å². The van der Waals surface area contributed by atoms with Crippen molar-refractivity contribution in [2.75, 3.05) is 18.8 Å². The van der Waals surface area contributed by atoms with Gasteiger partial charge in [-0.05, 0) is 13.2 Å². The third-order valence-corrected chi connectivity index (χ3v) is 8.64. The molecule has 28 heavy (non-hydrogen) atoms. The van der Waals surface area contributed by atoms with Crippen LogP contribution in [0.2, 0.25) is 0 Å². The summed E-state index contributed by atoms with van der Waals surface area (Å²) in [5.74, 6) is 0.315. The predicted molar refractivity (Wildman–Crippen MR) is 92.9 cm³/mol. The number of thioether (sulfide) groups is 1. The van der Waals surface area contributed by atoms with Gasteiger partial charge in [0, 0.05) is 6.42 Å². The fourth-order valence-electron chi connectivity index (χ4n) is 2.01. The van der Waals surface area contributed by atoms with Gasteiger partial charge in [-0.2, -0.15) is 12.9 Å². The highest BCUT2D eigenvalue weighted by Crippen LogP contribution is 2.70. The van der Waals surface area contributed by atoms with E-state index in [0.29, 0.717) is 12.4 Å². The fourth-order valence-corrected chi connectivity index (χ4v) is 6.79. The summed E-state index contributed by atoms with van der Waals surface area (Å²) in [5, 5.41) is 0. The molecule has 168 valence electrons. The van der Waals surface area contributed by atoms with Crippen LogP contribution in [-0.2, 0) is 45.2 Å². The minimum atomic E-state index is -5.83. The number of phosphoric acid groups is 4. The Hall–Kier alpha value is 0.830. The van der Waals surface area contributed by atoms with Crippen LogP contribution in [0.5, 0.6) is 0 Å². The molecule has 6 atom stereocenters. The lowest BCUT2D eigenvalue weighted by molar-refractivity contribution is -0.0327. The minimum Gasteiger partial charge on any atom is -0.370 e. The average Bonchev–Trinajstić information content (AvgIpc) is 2.77. The van der Waals surface area contributed by atoms with E-state index in [9.17, 15) is 28.0 Å². The lowest BCUT2D eigenvalue weighted by Crippen LogP contribution is -2.28. The van der Waals surface area contributed by atoms with Gasteiger partial charge in [0.1, 0.15) is 6.10 Å². The van der Waals surface area contributed by atoms with E-state index in [1.165, 1.54) is 11.8 Å². The van der Waals surface area contributed by atoms with Gasteiger partial charge in [-0.25, -0.2) is 18.3 Å². The highest BCUT2D eigenvalue weighted by molar-refractivity contribution is 7.98. The van der Waals surface area contributed by atoms with Crippen LogP contribution < -0.4 is 0 Å². The summed E-state index contributed by atoms with van der Waals surface area (Å²) in [5.41, 5.74) is 0. The molecule has 0 aromatic carbocycles. The van der Waals surface area contributed by atoms with E-state index >= 15 is 0 Å². The third kappa shape index (κ3) is 10.7. The monoisotopic (exact) mass is 512 g/mol. The molecule has 0 spiro atoms. The van der Waals surface area contributed by atoms with E-state index in [2.05, 4.69) is 17.5 Å². The molecule has 1 rings (SSSR count). The third-order valence-electron chi connectivity index (χ3n) is 2.81. The van der Waals surface area contributed by atoms with Crippen LogP contribution in [0, 0.1) is 0 Å². The first-order chi connectivity index (χ1) is 12.5. The van der Waals surface area contributed by atoms with E-state index in [1.54, 1.807) is 13.2 Å². The molecule has 0 saturated carbocycles. The Labute approximate surface area is 163 Å². The molecule has 1 fully saturated rings. The maximum Gasteiger partial charge on any atom is 0.490 e. The number of hydrogen-bond donors (Lipinski definition) is 5. The maximum absolute atomic E-state index is 11.8. The summed E-state index contributed by atoms with van der Waals surface area (Å²) in [7, 11) is -22.6. The largest absolute Gasteiger partial charge is 0.490 e. The Morgan fingerprint density at radius 1 is 0.964 bits per heavy atom. The van der Waals surface area contributed by atoms with Gasteiger partial charge in [0.2, 0.25) is 0 Å². The number of hydrogen-bond acceptors (Lipinski definition) is 11. The van der Waals surface area contributed by atoms with E-state index in [0.717, 1.165) is 0 Å². The summed E-state index contributed by atoms with van der Waals surface area (Å²) in [6, 6.07) is 0. The molecule has 0 aliphatic carbocycles. The second-order valence-electron chi connectivity index (χ2n) is 5.27. The predicted octanol–water partition coefficient (Wildman–Crippen LogP) is 1.33. The van der Waals surface area contributed by atoms with Crippen molar-refractivity contribution in [1.82, 2.24) is 0 Å². The highest BCUT2D eigenvalue weighted by atomic mass is 32.2. The average molecular weight is 512 g/mol. The van der Waals surface area contributed by atoms with E-state index in [-0.39, 0.29) is 6.10 Å². The molecular formula is C8H20O15P4S. The van der Waals surface area contributed by atoms with Gasteiger partial charge in [-0.1, -0.05) is 0 Å². The molecule has 0 bridgehead atoms. The van der Waals surface area contributed by atoms with Gasteiger partial charge >= 0.3 is 31.3 Å². The molecule has 1 aliphatic rings. The van der Waals surface area contributed by atoms with Gasteiger partial charge in [0.15, 0.2) is 0 Å². The van der Waals surface area contributed by atoms with Crippen LogP contribution in [0.1, 0.15) is 13.3 Å². The van der Waals surface area contributed by atoms with Crippen LogP contribution >= 0.6 is 43.1 Å². The summed E-state index contributed by atoms with van der Waals surface area (Å²) in [6.07, 6.45) is 0.688. The van der Waals surface area contributed by atoms with Crippen molar-refractivity contribution >= 4 is 43.1 Å². The van der Waals surface area contributed by atoms with Crippen LogP contribution in [0.25, 0.3) is 0 Å². The minimum absolute atomic E-state index is 0.253. The molecule has 0 radical (unpaired) electrons. The molecule has 5 N–H and O–H groups in total. The van der Waals surface area contributed by atoms with Gasteiger partial charge in [-0.15, -0.1) is 11.8 Å². The molecule has 1 saturated heterocycles. The smallest absolute Gasteiger partial charge is 0.370 e. The van der Waals surface area contributed by atoms with Crippen molar-refractivity contribution in [2.24, 2.45) is 0 Å². The van der Waals surface area contributed by atoms with Crippen LogP contribution in [0.15, 0.2) is 0 Å². The maximum atomic E-state index is 11.8. The van der Waals surface area contributed by atoms with Crippen molar-refractivity contribution < 1.29 is 69.7 Å². The molecule has 0 amide bonds. The standard InChI is InChI=1S/C8H20O15P4S/c1-6-3-7(18-5-28-2)8(20-6)4-19-25(12,13)22-27(16,17)23-26(14,15)21-24(9,10)11/h6-8H,3-5H2,1-2H3,(H,12,13)(H,14,15)(H,16,17)(H2,9,10,11)/t6-,7?,8+/m0/s1. The second-order valence-corrected chi connectivity index (χ2v) is 12.1. The quantitative estimate of drug-likeness (QED) is 0.184. The van der Waals surface area contributed by atoms with Crippen molar-refractivity contribution in [3.63, 3.8) is 0 Å². The summed E-state index contributed by atoms with van der Waals surface area (Å²) >= 11 is 1.38. The lowest BCUT2D eigenvalue weighted by Gasteiger charge is -2.21. The van der Waals surface area contributed by atoms with Crippen molar-refractivity contribution in [3.8, 4) is 0 Å². The molecular weight excluding hydrogens is 492 g/mol. The topological polar surface area (TPSA) is 225 Å². The Morgan fingerprint density at radius 3 is 2.04 bits per heavy atom. The molecule has 1 aliphatic heterocycles. The Kier molecular flexibility index (Phi) is 10.0. The first-order valence-corrected chi connectivity index (χ1v) is 14.5. The zero-order valence-corrected chi connectivity index (χ0v) is 18.8.